The molecule has 2 aromatic carbocycles. The summed E-state index contributed by atoms with van der Waals surface area (Å²) in [6, 6.07) is 8.84. The third kappa shape index (κ3) is 5.65. The van der Waals surface area contributed by atoms with Gasteiger partial charge in [0.25, 0.3) is 5.91 Å². The minimum absolute atomic E-state index is 0.158. The van der Waals surface area contributed by atoms with Gasteiger partial charge < -0.3 is 14.8 Å². The number of ether oxygens (including phenoxy) is 2. The van der Waals surface area contributed by atoms with Gasteiger partial charge in [-0.1, -0.05) is 0 Å². The number of rotatable bonds is 6. The van der Waals surface area contributed by atoms with Gasteiger partial charge in [-0.15, -0.1) is 11.8 Å². The summed E-state index contributed by atoms with van der Waals surface area (Å²) in [7, 11) is 1.41. The minimum atomic E-state index is -4.46. The lowest BCUT2D eigenvalue weighted by Crippen LogP contribution is -2.21. The topological polar surface area (TPSA) is 64.6 Å². The van der Waals surface area contributed by atoms with E-state index in [1.807, 2.05) is 6.26 Å². The van der Waals surface area contributed by atoms with Crippen LogP contribution < -0.4 is 10.1 Å². The first-order valence-corrected chi connectivity index (χ1v) is 8.83. The SMILES string of the molecule is COc1cc(SC)ccc1C(=O)OCC(=O)Nc1ccc(C(F)(F)F)cc1. The van der Waals surface area contributed by atoms with Crippen molar-refractivity contribution in [3.05, 3.63) is 53.6 Å². The molecule has 0 radical (unpaired) electrons. The maximum atomic E-state index is 12.5. The van der Waals surface area contributed by atoms with Gasteiger partial charge >= 0.3 is 12.1 Å². The normalized spacial score (nSPS) is 11.0. The first kappa shape index (κ1) is 20.6. The summed E-state index contributed by atoms with van der Waals surface area (Å²) in [5.74, 6) is -1.11. The zero-order valence-corrected chi connectivity index (χ0v) is 15.2. The molecular formula is C18H16F3NO4S. The third-order valence-corrected chi connectivity index (χ3v) is 4.18. The Morgan fingerprint density at radius 1 is 1.11 bits per heavy atom. The average molecular weight is 399 g/mol. The van der Waals surface area contributed by atoms with E-state index in [0.717, 1.165) is 29.2 Å². The van der Waals surface area contributed by atoms with Crippen molar-refractivity contribution in [2.75, 3.05) is 25.3 Å². The molecule has 0 fully saturated rings. The standard InChI is InChI=1S/C18H16F3NO4S/c1-25-15-9-13(27-2)7-8-14(15)17(24)26-10-16(23)22-12-5-3-11(4-6-12)18(19,20)21/h3-9H,10H2,1-2H3,(H,22,23). The van der Waals surface area contributed by atoms with Crippen LogP contribution in [0.5, 0.6) is 5.75 Å². The Bertz CT molecular complexity index is 822. The van der Waals surface area contributed by atoms with Gasteiger partial charge in [0.2, 0.25) is 0 Å². The van der Waals surface area contributed by atoms with E-state index in [0.29, 0.717) is 5.75 Å². The predicted molar refractivity (Wildman–Crippen MR) is 95.1 cm³/mol. The number of hydrogen-bond donors (Lipinski definition) is 1. The van der Waals surface area contributed by atoms with Crippen molar-refractivity contribution in [1.29, 1.82) is 0 Å². The number of hydrogen-bond acceptors (Lipinski definition) is 5. The summed E-state index contributed by atoms with van der Waals surface area (Å²) in [5.41, 5.74) is -0.503. The Morgan fingerprint density at radius 2 is 1.78 bits per heavy atom. The number of carbonyl (C=O) groups is 2. The van der Waals surface area contributed by atoms with Gasteiger partial charge in [0.05, 0.1) is 12.7 Å². The van der Waals surface area contributed by atoms with Crippen molar-refractivity contribution in [3.63, 3.8) is 0 Å². The smallest absolute Gasteiger partial charge is 0.416 e. The summed E-state index contributed by atoms with van der Waals surface area (Å²) in [4.78, 5) is 24.9. The Labute approximate surface area is 157 Å². The summed E-state index contributed by atoms with van der Waals surface area (Å²) >= 11 is 1.47. The Balaban J connectivity index is 1.94. The minimum Gasteiger partial charge on any atom is -0.496 e. The molecule has 0 saturated carbocycles. The van der Waals surface area contributed by atoms with E-state index in [2.05, 4.69) is 5.32 Å². The van der Waals surface area contributed by atoms with Crippen LogP contribution in [-0.2, 0) is 15.7 Å². The lowest BCUT2D eigenvalue weighted by molar-refractivity contribution is -0.137. The van der Waals surface area contributed by atoms with Crippen LogP contribution in [0.3, 0.4) is 0 Å². The van der Waals surface area contributed by atoms with Gasteiger partial charge in [-0.05, 0) is 48.7 Å². The molecule has 1 amide bonds. The Morgan fingerprint density at radius 3 is 2.33 bits per heavy atom. The average Bonchev–Trinajstić information content (AvgIpc) is 2.65. The molecule has 27 heavy (non-hydrogen) atoms. The summed E-state index contributed by atoms with van der Waals surface area (Å²) < 4.78 is 47.6. The number of benzene rings is 2. The van der Waals surface area contributed by atoms with Crippen LogP contribution >= 0.6 is 11.8 Å². The summed E-state index contributed by atoms with van der Waals surface area (Å²) in [6.07, 6.45) is -2.58. The highest BCUT2D eigenvalue weighted by atomic mass is 32.2. The number of amides is 1. The molecule has 0 heterocycles. The lowest BCUT2D eigenvalue weighted by atomic mass is 10.2. The fraction of sp³-hybridized carbons (Fsp3) is 0.222. The van der Waals surface area contributed by atoms with Gasteiger partial charge in [0.1, 0.15) is 11.3 Å². The molecule has 0 bridgehead atoms. The van der Waals surface area contributed by atoms with Crippen LogP contribution in [0.4, 0.5) is 18.9 Å². The highest BCUT2D eigenvalue weighted by Crippen LogP contribution is 2.30. The first-order valence-electron chi connectivity index (χ1n) is 7.61. The number of methoxy groups -OCH3 is 1. The number of halogens is 3. The zero-order valence-electron chi connectivity index (χ0n) is 14.4. The summed E-state index contributed by atoms with van der Waals surface area (Å²) in [6.45, 7) is -0.590. The number of alkyl halides is 3. The molecule has 0 aliphatic rings. The fourth-order valence-corrected chi connectivity index (χ4v) is 2.54. The van der Waals surface area contributed by atoms with Gasteiger partial charge in [-0.3, -0.25) is 4.79 Å². The number of anilines is 1. The van der Waals surface area contributed by atoms with Crippen molar-refractivity contribution in [3.8, 4) is 5.75 Å². The van der Waals surface area contributed by atoms with Crippen LogP contribution in [0.2, 0.25) is 0 Å². The molecule has 0 atom stereocenters. The largest absolute Gasteiger partial charge is 0.496 e. The van der Waals surface area contributed by atoms with Crippen LogP contribution in [0, 0.1) is 0 Å². The molecule has 0 unspecified atom stereocenters. The number of nitrogens with one attached hydrogen (secondary N) is 1. The second-order valence-electron chi connectivity index (χ2n) is 5.27. The number of esters is 1. The third-order valence-electron chi connectivity index (χ3n) is 3.46. The lowest BCUT2D eigenvalue weighted by Gasteiger charge is -2.11. The van der Waals surface area contributed by atoms with Crippen molar-refractivity contribution in [1.82, 2.24) is 0 Å². The molecule has 9 heteroatoms. The molecule has 5 nitrogen and oxygen atoms in total. The summed E-state index contributed by atoms with van der Waals surface area (Å²) in [5, 5.41) is 2.36. The predicted octanol–water partition coefficient (Wildman–Crippen LogP) is 4.23. The molecular weight excluding hydrogens is 383 g/mol. The number of thioether (sulfide) groups is 1. The quantitative estimate of drug-likeness (QED) is 0.582. The first-order chi connectivity index (χ1) is 12.7. The molecule has 0 saturated heterocycles. The van der Waals surface area contributed by atoms with Crippen LogP contribution in [0.15, 0.2) is 47.4 Å². The van der Waals surface area contributed by atoms with Gasteiger partial charge in [0.15, 0.2) is 6.61 Å². The van der Waals surface area contributed by atoms with Crippen LogP contribution in [-0.4, -0.2) is 31.8 Å². The highest BCUT2D eigenvalue weighted by Gasteiger charge is 2.30. The molecule has 2 aromatic rings. The monoisotopic (exact) mass is 399 g/mol. The van der Waals surface area contributed by atoms with Crippen LogP contribution in [0.1, 0.15) is 15.9 Å². The highest BCUT2D eigenvalue weighted by molar-refractivity contribution is 7.98. The van der Waals surface area contributed by atoms with Gasteiger partial charge in [-0.25, -0.2) is 4.79 Å². The van der Waals surface area contributed by atoms with Gasteiger partial charge in [0, 0.05) is 10.6 Å². The van der Waals surface area contributed by atoms with Crippen molar-refractivity contribution in [2.24, 2.45) is 0 Å². The molecule has 2 rings (SSSR count). The van der Waals surface area contributed by atoms with E-state index in [1.54, 1.807) is 12.1 Å². The molecule has 0 aliphatic carbocycles. The Kier molecular flexibility index (Phi) is 6.73. The maximum absolute atomic E-state index is 12.5. The van der Waals surface area contributed by atoms with Crippen molar-refractivity contribution in [2.45, 2.75) is 11.1 Å². The Hall–Kier alpha value is -2.68. The molecule has 1 N–H and O–H groups in total. The zero-order chi connectivity index (χ0) is 20.0. The van der Waals surface area contributed by atoms with Crippen molar-refractivity contribution < 1.29 is 32.2 Å². The second kappa shape index (κ2) is 8.81. The maximum Gasteiger partial charge on any atom is 0.416 e. The molecule has 0 aliphatic heterocycles. The van der Waals surface area contributed by atoms with E-state index in [4.69, 9.17) is 9.47 Å². The molecule has 0 spiro atoms. The molecule has 0 aromatic heterocycles. The molecule has 144 valence electrons. The fourth-order valence-electron chi connectivity index (χ4n) is 2.12. The van der Waals surface area contributed by atoms with E-state index < -0.39 is 30.2 Å². The second-order valence-corrected chi connectivity index (χ2v) is 6.15. The van der Waals surface area contributed by atoms with E-state index >= 15 is 0 Å². The van der Waals surface area contributed by atoms with E-state index in [9.17, 15) is 22.8 Å². The van der Waals surface area contributed by atoms with Crippen molar-refractivity contribution >= 4 is 29.3 Å². The van der Waals surface area contributed by atoms with Crippen LogP contribution in [0.25, 0.3) is 0 Å². The van der Waals surface area contributed by atoms with E-state index in [1.165, 1.54) is 24.9 Å². The number of carbonyl (C=O) groups excluding carboxylic acids is 2. The van der Waals surface area contributed by atoms with E-state index in [-0.39, 0.29) is 11.3 Å². The van der Waals surface area contributed by atoms with Gasteiger partial charge in [-0.2, -0.15) is 13.2 Å².